The van der Waals surface area contributed by atoms with E-state index in [1.165, 1.54) is 0 Å². The predicted octanol–water partition coefficient (Wildman–Crippen LogP) is 1.82. The lowest BCUT2D eigenvalue weighted by Gasteiger charge is -2.07. The van der Waals surface area contributed by atoms with Gasteiger partial charge < -0.3 is 11.1 Å². The Kier molecular flexibility index (Phi) is 3.59. The van der Waals surface area contributed by atoms with Crippen LogP contribution >= 0.6 is 0 Å². The minimum Gasteiger partial charge on any atom is -0.326 e. The van der Waals surface area contributed by atoms with Crippen LogP contribution in [0.25, 0.3) is 0 Å². The van der Waals surface area contributed by atoms with E-state index < -0.39 is 0 Å². The molecule has 2 aromatic rings. The van der Waals surface area contributed by atoms with Gasteiger partial charge >= 0.3 is 6.03 Å². The van der Waals surface area contributed by atoms with E-state index >= 15 is 0 Å². The number of nitrogens with one attached hydrogen (secondary N) is 3. The number of benzene rings is 1. The fourth-order valence-electron chi connectivity index (χ4n) is 1.57. The SMILES string of the molecule is Cc1cccc(NC(=O)Nc2[nH]ncc2CN)c1. The van der Waals surface area contributed by atoms with Crippen LogP contribution in [0.2, 0.25) is 0 Å². The number of hydrogen-bond donors (Lipinski definition) is 4. The third-order valence-electron chi connectivity index (χ3n) is 2.45. The molecular weight excluding hydrogens is 230 g/mol. The molecule has 5 N–H and O–H groups in total. The number of amides is 2. The van der Waals surface area contributed by atoms with Crippen molar-refractivity contribution in [2.75, 3.05) is 10.6 Å². The highest BCUT2D eigenvalue weighted by Gasteiger charge is 2.07. The van der Waals surface area contributed by atoms with Crippen LogP contribution in [0.4, 0.5) is 16.3 Å². The molecule has 0 radical (unpaired) electrons. The van der Waals surface area contributed by atoms with E-state index in [2.05, 4.69) is 20.8 Å². The lowest BCUT2D eigenvalue weighted by atomic mass is 10.2. The second-order valence-corrected chi connectivity index (χ2v) is 3.92. The smallest absolute Gasteiger partial charge is 0.324 e. The topological polar surface area (TPSA) is 95.8 Å². The maximum absolute atomic E-state index is 11.7. The molecule has 1 aromatic carbocycles. The van der Waals surface area contributed by atoms with Crippen LogP contribution in [-0.2, 0) is 6.54 Å². The number of carbonyl (C=O) groups excluding carboxylic acids is 1. The molecule has 0 aliphatic rings. The van der Waals surface area contributed by atoms with Gasteiger partial charge in [0.25, 0.3) is 0 Å². The standard InChI is InChI=1S/C12H15N5O/c1-8-3-2-4-10(5-8)15-12(18)16-11-9(6-13)7-14-17-11/h2-5,7H,6,13H2,1H3,(H3,14,15,16,17,18). The lowest BCUT2D eigenvalue weighted by molar-refractivity contribution is 0.262. The molecular formula is C12H15N5O. The molecule has 6 nitrogen and oxygen atoms in total. The maximum atomic E-state index is 11.7. The monoisotopic (exact) mass is 245 g/mol. The van der Waals surface area contributed by atoms with Crippen molar-refractivity contribution in [1.82, 2.24) is 10.2 Å². The number of hydrogen-bond acceptors (Lipinski definition) is 3. The van der Waals surface area contributed by atoms with E-state index in [-0.39, 0.29) is 6.03 Å². The van der Waals surface area contributed by atoms with Gasteiger partial charge in [-0.3, -0.25) is 10.4 Å². The molecule has 0 unspecified atom stereocenters. The van der Waals surface area contributed by atoms with Gasteiger partial charge in [-0.25, -0.2) is 4.79 Å². The Morgan fingerprint density at radius 3 is 3.00 bits per heavy atom. The van der Waals surface area contributed by atoms with Crippen LogP contribution in [0.5, 0.6) is 0 Å². The van der Waals surface area contributed by atoms with Gasteiger partial charge in [0.1, 0.15) is 5.82 Å². The number of nitrogens with two attached hydrogens (primary N) is 1. The van der Waals surface area contributed by atoms with Crippen LogP contribution in [0, 0.1) is 6.92 Å². The third-order valence-corrected chi connectivity index (χ3v) is 2.45. The van der Waals surface area contributed by atoms with Crippen LogP contribution < -0.4 is 16.4 Å². The highest BCUT2D eigenvalue weighted by molar-refractivity contribution is 5.99. The number of rotatable bonds is 3. The summed E-state index contributed by atoms with van der Waals surface area (Å²) < 4.78 is 0. The van der Waals surface area contributed by atoms with Crippen LogP contribution in [0.15, 0.2) is 30.5 Å². The van der Waals surface area contributed by atoms with Gasteiger partial charge in [0.2, 0.25) is 0 Å². The van der Waals surface area contributed by atoms with Crippen LogP contribution in [0.1, 0.15) is 11.1 Å². The van der Waals surface area contributed by atoms with Crippen molar-refractivity contribution in [2.45, 2.75) is 13.5 Å². The molecule has 0 aliphatic heterocycles. The summed E-state index contributed by atoms with van der Waals surface area (Å²) in [4.78, 5) is 11.7. The van der Waals surface area contributed by atoms with Gasteiger partial charge in [0, 0.05) is 17.8 Å². The second-order valence-electron chi connectivity index (χ2n) is 3.92. The molecule has 0 atom stereocenters. The van der Waals surface area contributed by atoms with Gasteiger partial charge in [-0.2, -0.15) is 5.10 Å². The van der Waals surface area contributed by atoms with Gasteiger partial charge in [-0.15, -0.1) is 0 Å². The normalized spacial score (nSPS) is 10.1. The number of anilines is 2. The highest BCUT2D eigenvalue weighted by atomic mass is 16.2. The van der Waals surface area contributed by atoms with E-state index in [4.69, 9.17) is 5.73 Å². The first kappa shape index (κ1) is 12.1. The molecule has 0 aliphatic carbocycles. The minimum atomic E-state index is -0.334. The highest BCUT2D eigenvalue weighted by Crippen LogP contribution is 2.12. The predicted molar refractivity (Wildman–Crippen MR) is 70.3 cm³/mol. The van der Waals surface area contributed by atoms with Crippen molar-refractivity contribution in [3.8, 4) is 0 Å². The van der Waals surface area contributed by atoms with Crippen LogP contribution in [-0.4, -0.2) is 16.2 Å². The number of aromatic nitrogens is 2. The van der Waals surface area contributed by atoms with Crippen LogP contribution in [0.3, 0.4) is 0 Å². The Balaban J connectivity index is 2.01. The zero-order valence-corrected chi connectivity index (χ0v) is 10.0. The zero-order chi connectivity index (χ0) is 13.0. The Morgan fingerprint density at radius 2 is 2.28 bits per heavy atom. The van der Waals surface area contributed by atoms with E-state index in [1.54, 1.807) is 6.20 Å². The molecule has 0 spiro atoms. The third kappa shape index (κ3) is 2.86. The van der Waals surface area contributed by atoms with Gasteiger partial charge in [-0.05, 0) is 24.6 Å². The summed E-state index contributed by atoms with van der Waals surface area (Å²) in [6, 6.07) is 7.22. The first-order chi connectivity index (χ1) is 8.69. The number of aryl methyl sites for hydroxylation is 1. The average molecular weight is 245 g/mol. The lowest BCUT2D eigenvalue weighted by Crippen LogP contribution is -2.20. The summed E-state index contributed by atoms with van der Waals surface area (Å²) in [7, 11) is 0. The van der Waals surface area contributed by atoms with Crippen molar-refractivity contribution >= 4 is 17.5 Å². The number of H-pyrrole nitrogens is 1. The number of urea groups is 1. The molecule has 0 fully saturated rings. The number of aromatic amines is 1. The van der Waals surface area contributed by atoms with E-state index in [0.29, 0.717) is 12.4 Å². The molecule has 0 saturated heterocycles. The first-order valence-electron chi connectivity index (χ1n) is 5.56. The molecule has 0 saturated carbocycles. The summed E-state index contributed by atoms with van der Waals surface area (Å²) >= 11 is 0. The summed E-state index contributed by atoms with van der Waals surface area (Å²) in [6.07, 6.45) is 1.59. The molecule has 2 rings (SSSR count). The Morgan fingerprint density at radius 1 is 1.44 bits per heavy atom. The minimum absolute atomic E-state index is 0.316. The zero-order valence-electron chi connectivity index (χ0n) is 10.0. The molecule has 2 amide bonds. The van der Waals surface area contributed by atoms with Gasteiger partial charge in [-0.1, -0.05) is 12.1 Å². The first-order valence-corrected chi connectivity index (χ1v) is 5.56. The molecule has 1 aromatic heterocycles. The fourth-order valence-corrected chi connectivity index (χ4v) is 1.57. The Bertz CT molecular complexity index is 549. The summed E-state index contributed by atoms with van der Waals surface area (Å²) in [6.45, 7) is 2.28. The fraction of sp³-hybridized carbons (Fsp3) is 0.167. The Labute approximate surface area is 105 Å². The van der Waals surface area contributed by atoms with Gasteiger partial charge in [0.05, 0.1) is 6.20 Å². The van der Waals surface area contributed by atoms with E-state index in [1.807, 2.05) is 31.2 Å². The van der Waals surface area contributed by atoms with E-state index in [0.717, 1.165) is 16.8 Å². The van der Waals surface area contributed by atoms with Gasteiger partial charge in [0.15, 0.2) is 0 Å². The number of nitrogens with zero attached hydrogens (tertiary/aromatic N) is 1. The van der Waals surface area contributed by atoms with Crippen molar-refractivity contribution in [2.24, 2.45) is 5.73 Å². The molecule has 94 valence electrons. The molecule has 1 heterocycles. The number of carbonyl (C=O) groups is 1. The summed E-state index contributed by atoms with van der Waals surface area (Å²) in [5, 5.41) is 11.9. The Hall–Kier alpha value is -2.34. The average Bonchev–Trinajstić information content (AvgIpc) is 2.76. The molecule has 0 bridgehead atoms. The van der Waals surface area contributed by atoms with Crippen molar-refractivity contribution in [3.63, 3.8) is 0 Å². The summed E-state index contributed by atoms with van der Waals surface area (Å²) in [5.74, 6) is 0.516. The molecule has 6 heteroatoms. The van der Waals surface area contributed by atoms with Crippen molar-refractivity contribution in [3.05, 3.63) is 41.6 Å². The molecule has 18 heavy (non-hydrogen) atoms. The van der Waals surface area contributed by atoms with E-state index in [9.17, 15) is 4.79 Å². The van der Waals surface area contributed by atoms with Crippen molar-refractivity contribution < 1.29 is 4.79 Å². The maximum Gasteiger partial charge on any atom is 0.324 e. The second kappa shape index (κ2) is 5.33. The summed E-state index contributed by atoms with van der Waals surface area (Å²) in [5.41, 5.74) is 8.09. The quantitative estimate of drug-likeness (QED) is 0.664. The van der Waals surface area contributed by atoms with Crippen molar-refractivity contribution in [1.29, 1.82) is 0 Å². The largest absolute Gasteiger partial charge is 0.326 e.